The van der Waals surface area contributed by atoms with Crippen LogP contribution in [0.25, 0.3) is 0 Å². The van der Waals surface area contributed by atoms with Crippen LogP contribution < -0.4 is 5.32 Å². The lowest BCUT2D eigenvalue weighted by molar-refractivity contribution is -0.386. The summed E-state index contributed by atoms with van der Waals surface area (Å²) in [4.78, 5) is 11.9. The molecule has 22 heavy (non-hydrogen) atoms. The van der Waals surface area contributed by atoms with E-state index in [0.717, 1.165) is 0 Å². The van der Waals surface area contributed by atoms with Crippen molar-refractivity contribution in [1.82, 2.24) is 10.2 Å². The highest BCUT2D eigenvalue weighted by Gasteiger charge is 2.46. The van der Waals surface area contributed by atoms with E-state index in [0.29, 0.717) is 26.2 Å². The summed E-state index contributed by atoms with van der Waals surface area (Å²) in [6, 6.07) is 3.96. The highest BCUT2D eigenvalue weighted by Crippen LogP contribution is 2.40. The minimum Gasteiger partial charge on any atom is -0.390 e. The highest BCUT2D eigenvalue weighted by molar-refractivity contribution is 5.85. The Labute approximate surface area is 132 Å². The Morgan fingerprint density at radius 1 is 1.36 bits per heavy atom. The number of nitro groups is 1. The number of nitrogens with zero attached hydrogens (tertiary/aromatic N) is 2. The smallest absolute Gasteiger partial charge is 0.290 e. The summed E-state index contributed by atoms with van der Waals surface area (Å²) in [5.74, 6) is -3.45. The molecule has 1 aromatic carbocycles. The minimum absolute atomic E-state index is 0. The van der Waals surface area contributed by atoms with Gasteiger partial charge in [-0.05, 0) is 0 Å². The van der Waals surface area contributed by atoms with E-state index in [-0.39, 0.29) is 23.7 Å². The molecule has 6 nitrogen and oxygen atoms in total. The molecule has 1 saturated heterocycles. The SMILES string of the molecule is Cl.O=[N+]([O-])c1ccccc1[C@@H](N1CCNCC1)C(F)(F)CO. The van der Waals surface area contributed by atoms with Crippen molar-refractivity contribution in [2.45, 2.75) is 12.0 Å². The van der Waals surface area contributed by atoms with Gasteiger partial charge in [0.05, 0.1) is 10.5 Å². The molecule has 0 saturated carbocycles. The van der Waals surface area contributed by atoms with Gasteiger partial charge in [0.1, 0.15) is 12.6 Å². The first-order chi connectivity index (χ1) is 9.97. The molecule has 1 heterocycles. The molecule has 0 amide bonds. The molecule has 1 atom stereocenters. The molecule has 1 fully saturated rings. The molecule has 9 heteroatoms. The Morgan fingerprint density at radius 2 is 1.95 bits per heavy atom. The van der Waals surface area contributed by atoms with Crippen molar-refractivity contribution < 1.29 is 18.8 Å². The lowest BCUT2D eigenvalue weighted by Crippen LogP contribution is -2.51. The highest BCUT2D eigenvalue weighted by atomic mass is 35.5. The van der Waals surface area contributed by atoms with Gasteiger partial charge in [-0.25, -0.2) is 8.78 Å². The average molecular weight is 338 g/mol. The second-order valence-electron chi connectivity index (χ2n) is 4.92. The lowest BCUT2D eigenvalue weighted by atomic mass is 9.96. The van der Waals surface area contributed by atoms with Crippen LogP contribution in [0.5, 0.6) is 0 Å². The number of hydrogen-bond donors (Lipinski definition) is 2. The summed E-state index contributed by atoms with van der Waals surface area (Å²) in [6.45, 7) is 0.379. The van der Waals surface area contributed by atoms with Gasteiger partial charge < -0.3 is 10.4 Å². The number of rotatable bonds is 5. The van der Waals surface area contributed by atoms with Gasteiger partial charge in [-0.2, -0.15) is 0 Å². The molecule has 1 aliphatic rings. The Balaban J connectivity index is 0.00000242. The maximum atomic E-state index is 14.2. The van der Waals surface area contributed by atoms with E-state index in [1.165, 1.54) is 29.2 Å². The molecule has 1 aromatic rings. The summed E-state index contributed by atoms with van der Waals surface area (Å²) in [6.07, 6.45) is 0. The van der Waals surface area contributed by atoms with E-state index in [1.54, 1.807) is 0 Å². The maximum absolute atomic E-state index is 14.2. The van der Waals surface area contributed by atoms with Crippen molar-refractivity contribution in [1.29, 1.82) is 0 Å². The fourth-order valence-corrected chi connectivity index (χ4v) is 2.60. The van der Waals surface area contributed by atoms with Crippen LogP contribution in [0.4, 0.5) is 14.5 Å². The van der Waals surface area contributed by atoms with Gasteiger partial charge in [0.2, 0.25) is 0 Å². The van der Waals surface area contributed by atoms with Crippen molar-refractivity contribution in [3.05, 3.63) is 39.9 Å². The van der Waals surface area contributed by atoms with E-state index in [4.69, 9.17) is 5.11 Å². The first-order valence-corrected chi connectivity index (χ1v) is 6.64. The molecule has 124 valence electrons. The lowest BCUT2D eigenvalue weighted by Gasteiger charge is -2.38. The van der Waals surface area contributed by atoms with Crippen LogP contribution in [0, 0.1) is 10.1 Å². The van der Waals surface area contributed by atoms with Crippen molar-refractivity contribution >= 4 is 18.1 Å². The van der Waals surface area contributed by atoms with Crippen LogP contribution in [0.1, 0.15) is 11.6 Å². The second-order valence-corrected chi connectivity index (χ2v) is 4.92. The number of halogens is 3. The van der Waals surface area contributed by atoms with Gasteiger partial charge in [-0.3, -0.25) is 15.0 Å². The van der Waals surface area contributed by atoms with E-state index < -0.39 is 23.5 Å². The number of para-hydroxylation sites is 1. The second kappa shape index (κ2) is 7.77. The molecular formula is C13H18ClF2N3O3. The maximum Gasteiger partial charge on any atom is 0.290 e. The molecule has 0 aromatic heterocycles. The Bertz CT molecular complexity index is 513. The van der Waals surface area contributed by atoms with Crippen LogP contribution in [0.2, 0.25) is 0 Å². The fourth-order valence-electron chi connectivity index (χ4n) is 2.60. The Morgan fingerprint density at radius 3 is 2.50 bits per heavy atom. The molecule has 0 bridgehead atoms. The number of nitro benzene ring substituents is 1. The number of hydrogen-bond acceptors (Lipinski definition) is 5. The minimum atomic E-state index is -3.45. The third kappa shape index (κ3) is 3.89. The van der Waals surface area contributed by atoms with Gasteiger partial charge >= 0.3 is 0 Å². The number of piperazine rings is 1. The summed E-state index contributed by atoms with van der Waals surface area (Å²) in [5.41, 5.74) is -0.419. The predicted molar refractivity (Wildman–Crippen MR) is 79.6 cm³/mol. The van der Waals surface area contributed by atoms with Crippen molar-refractivity contribution in [3.63, 3.8) is 0 Å². The van der Waals surface area contributed by atoms with E-state index in [9.17, 15) is 18.9 Å². The third-order valence-electron chi connectivity index (χ3n) is 3.56. The average Bonchev–Trinajstić information content (AvgIpc) is 2.48. The van der Waals surface area contributed by atoms with Gasteiger partial charge in [0.15, 0.2) is 0 Å². The Kier molecular flexibility index (Phi) is 6.61. The molecule has 1 aliphatic heterocycles. The summed E-state index contributed by atoms with van der Waals surface area (Å²) < 4.78 is 28.4. The normalized spacial score (nSPS) is 17.6. The molecule has 0 spiro atoms. The van der Waals surface area contributed by atoms with Gasteiger partial charge in [0, 0.05) is 32.2 Å². The van der Waals surface area contributed by atoms with Crippen LogP contribution in [0.3, 0.4) is 0 Å². The van der Waals surface area contributed by atoms with Gasteiger partial charge in [-0.1, -0.05) is 18.2 Å². The largest absolute Gasteiger partial charge is 0.390 e. The number of nitrogens with one attached hydrogen (secondary N) is 1. The predicted octanol–water partition coefficient (Wildman–Crippen LogP) is 1.59. The summed E-state index contributed by atoms with van der Waals surface area (Å²) in [7, 11) is 0. The fraction of sp³-hybridized carbons (Fsp3) is 0.538. The van der Waals surface area contributed by atoms with Crippen molar-refractivity contribution in [3.8, 4) is 0 Å². The zero-order valence-corrected chi connectivity index (χ0v) is 12.6. The zero-order valence-electron chi connectivity index (χ0n) is 11.7. The van der Waals surface area contributed by atoms with Crippen LogP contribution in [-0.2, 0) is 0 Å². The van der Waals surface area contributed by atoms with E-state index in [2.05, 4.69) is 5.32 Å². The van der Waals surface area contributed by atoms with Gasteiger partial charge in [0.25, 0.3) is 11.6 Å². The number of benzene rings is 1. The number of alkyl halides is 2. The number of aliphatic hydroxyl groups is 1. The monoisotopic (exact) mass is 337 g/mol. The summed E-state index contributed by atoms with van der Waals surface area (Å²) in [5, 5.41) is 23.2. The van der Waals surface area contributed by atoms with Gasteiger partial charge in [-0.15, -0.1) is 12.4 Å². The molecule has 2 rings (SSSR count). The molecule has 2 N–H and O–H groups in total. The van der Waals surface area contributed by atoms with Crippen molar-refractivity contribution in [2.24, 2.45) is 0 Å². The first kappa shape index (κ1) is 18.7. The molecular weight excluding hydrogens is 320 g/mol. The first-order valence-electron chi connectivity index (χ1n) is 6.64. The van der Waals surface area contributed by atoms with Crippen molar-refractivity contribution in [2.75, 3.05) is 32.8 Å². The molecule has 0 aliphatic carbocycles. The summed E-state index contributed by atoms with van der Waals surface area (Å²) >= 11 is 0. The van der Waals surface area contributed by atoms with Crippen LogP contribution in [-0.4, -0.2) is 53.6 Å². The molecule has 0 unspecified atom stereocenters. The van der Waals surface area contributed by atoms with E-state index in [1.807, 2.05) is 0 Å². The quantitative estimate of drug-likeness (QED) is 0.630. The van der Waals surface area contributed by atoms with Crippen LogP contribution >= 0.6 is 12.4 Å². The van der Waals surface area contributed by atoms with E-state index >= 15 is 0 Å². The Hall–Kier alpha value is -1.35. The molecule has 0 radical (unpaired) electrons. The third-order valence-corrected chi connectivity index (χ3v) is 3.56. The van der Waals surface area contributed by atoms with Crippen LogP contribution in [0.15, 0.2) is 24.3 Å². The topological polar surface area (TPSA) is 78.6 Å². The standard InChI is InChI=1S/C13H17F2N3O3.ClH/c14-13(15,9-19)12(17-7-5-16-6-8-17)10-3-1-2-4-11(10)18(20)21;/h1-4,12,16,19H,5-9H2;1H/t12-;/m1./s1. The zero-order chi connectivity index (χ0) is 15.5. The number of aliphatic hydroxyl groups excluding tert-OH is 1.